The molecule has 0 radical (unpaired) electrons. The van der Waals surface area contributed by atoms with E-state index in [1.54, 1.807) is 57.7 Å². The standard InChI is InChI=1S/C28H25BrO5/c1-32-23-12-6-19(7-13-23)4-9-21-17-24(33-2)18-28(34-3)25(21)14-11-22(30)10-5-20-8-15-27(31)26(29)16-20/h4-18,31H,1-3H3/b9-4+,10-5+,14-11+. The minimum absolute atomic E-state index is 0.144. The highest BCUT2D eigenvalue weighted by Crippen LogP contribution is 2.31. The first-order valence-electron chi connectivity index (χ1n) is 10.4. The van der Waals surface area contributed by atoms with Crippen molar-refractivity contribution >= 4 is 46.0 Å². The van der Waals surface area contributed by atoms with Crippen LogP contribution in [0.2, 0.25) is 0 Å². The Morgan fingerprint density at radius 2 is 1.44 bits per heavy atom. The van der Waals surface area contributed by atoms with Crippen molar-refractivity contribution in [2.75, 3.05) is 21.3 Å². The minimum Gasteiger partial charge on any atom is -0.507 e. The fourth-order valence-electron chi connectivity index (χ4n) is 3.15. The first kappa shape index (κ1) is 24.9. The number of benzene rings is 3. The second kappa shape index (κ2) is 11.9. The molecule has 0 heterocycles. The van der Waals surface area contributed by atoms with Gasteiger partial charge in [0.05, 0.1) is 25.8 Å². The summed E-state index contributed by atoms with van der Waals surface area (Å²) >= 11 is 3.27. The predicted molar refractivity (Wildman–Crippen MR) is 140 cm³/mol. The van der Waals surface area contributed by atoms with Gasteiger partial charge in [0.2, 0.25) is 0 Å². The van der Waals surface area contributed by atoms with Gasteiger partial charge in [0, 0.05) is 11.6 Å². The van der Waals surface area contributed by atoms with Crippen LogP contribution in [0.3, 0.4) is 0 Å². The van der Waals surface area contributed by atoms with E-state index in [9.17, 15) is 9.90 Å². The lowest BCUT2D eigenvalue weighted by Crippen LogP contribution is -1.94. The highest BCUT2D eigenvalue weighted by atomic mass is 79.9. The van der Waals surface area contributed by atoms with Gasteiger partial charge in [0.25, 0.3) is 0 Å². The fourth-order valence-corrected chi connectivity index (χ4v) is 3.55. The van der Waals surface area contributed by atoms with Crippen LogP contribution < -0.4 is 14.2 Å². The fraction of sp³-hybridized carbons (Fsp3) is 0.107. The number of carbonyl (C=O) groups excluding carboxylic acids is 1. The van der Waals surface area contributed by atoms with Gasteiger partial charge in [-0.05, 0) is 81.2 Å². The molecule has 0 bridgehead atoms. The molecule has 3 aromatic rings. The van der Waals surface area contributed by atoms with Crippen molar-refractivity contribution in [2.45, 2.75) is 0 Å². The van der Waals surface area contributed by atoms with Crippen LogP contribution in [0.1, 0.15) is 22.3 Å². The van der Waals surface area contributed by atoms with E-state index in [1.807, 2.05) is 42.5 Å². The zero-order valence-corrected chi connectivity index (χ0v) is 20.7. The Bertz CT molecular complexity index is 1240. The molecule has 0 unspecified atom stereocenters. The van der Waals surface area contributed by atoms with Crippen molar-refractivity contribution < 1.29 is 24.1 Å². The van der Waals surface area contributed by atoms with Crippen LogP contribution in [-0.2, 0) is 4.79 Å². The summed E-state index contributed by atoms with van der Waals surface area (Å²) in [6.45, 7) is 0. The Labute approximate surface area is 207 Å². The molecule has 1 N–H and O–H groups in total. The van der Waals surface area contributed by atoms with Gasteiger partial charge in [-0.3, -0.25) is 4.79 Å². The highest BCUT2D eigenvalue weighted by molar-refractivity contribution is 9.10. The van der Waals surface area contributed by atoms with Crippen molar-refractivity contribution in [2.24, 2.45) is 0 Å². The molecule has 0 atom stereocenters. The van der Waals surface area contributed by atoms with E-state index < -0.39 is 0 Å². The number of hydrogen-bond acceptors (Lipinski definition) is 5. The summed E-state index contributed by atoms with van der Waals surface area (Å²) in [5.74, 6) is 1.98. The SMILES string of the molecule is COc1ccc(/C=C/c2cc(OC)cc(OC)c2/C=C/C(=O)/C=C/c2ccc(O)c(Br)c2)cc1. The Morgan fingerprint density at radius 1 is 0.765 bits per heavy atom. The third-order valence-electron chi connectivity index (χ3n) is 5.00. The maximum Gasteiger partial charge on any atom is 0.178 e. The van der Waals surface area contributed by atoms with Crippen molar-refractivity contribution in [1.29, 1.82) is 0 Å². The first-order valence-corrected chi connectivity index (χ1v) is 11.2. The molecular formula is C28H25BrO5. The zero-order valence-electron chi connectivity index (χ0n) is 19.1. The summed E-state index contributed by atoms with van der Waals surface area (Å²) in [5, 5.41) is 9.60. The second-order valence-electron chi connectivity index (χ2n) is 7.22. The number of phenols is 1. The summed E-state index contributed by atoms with van der Waals surface area (Å²) in [7, 11) is 4.80. The van der Waals surface area contributed by atoms with Gasteiger partial charge >= 0.3 is 0 Å². The lowest BCUT2D eigenvalue weighted by atomic mass is 10.0. The number of allylic oxidation sites excluding steroid dienone is 2. The van der Waals surface area contributed by atoms with E-state index >= 15 is 0 Å². The average Bonchev–Trinajstić information content (AvgIpc) is 2.86. The molecule has 3 aromatic carbocycles. The number of carbonyl (C=O) groups is 1. The first-order chi connectivity index (χ1) is 16.4. The molecule has 3 rings (SSSR count). The highest BCUT2D eigenvalue weighted by Gasteiger charge is 2.09. The number of phenolic OH excluding ortho intramolecular Hbond substituents is 1. The molecule has 0 aliphatic rings. The Hall–Kier alpha value is -3.77. The Kier molecular flexibility index (Phi) is 8.71. The molecule has 0 fully saturated rings. The molecule has 174 valence electrons. The zero-order chi connectivity index (χ0) is 24.5. The van der Waals surface area contributed by atoms with E-state index in [0.29, 0.717) is 16.0 Å². The minimum atomic E-state index is -0.188. The Balaban J connectivity index is 1.88. The normalized spacial score (nSPS) is 11.4. The van der Waals surface area contributed by atoms with Gasteiger partial charge < -0.3 is 19.3 Å². The summed E-state index contributed by atoms with van der Waals surface area (Å²) in [4.78, 5) is 12.5. The smallest absolute Gasteiger partial charge is 0.178 e. The molecule has 34 heavy (non-hydrogen) atoms. The van der Waals surface area contributed by atoms with Crippen LogP contribution in [0.15, 0.2) is 71.2 Å². The second-order valence-corrected chi connectivity index (χ2v) is 8.07. The van der Waals surface area contributed by atoms with E-state index in [4.69, 9.17) is 14.2 Å². The molecule has 0 amide bonds. The van der Waals surface area contributed by atoms with Gasteiger partial charge in [0.1, 0.15) is 23.0 Å². The van der Waals surface area contributed by atoms with Crippen molar-refractivity contribution in [3.05, 3.63) is 93.5 Å². The number of aromatic hydroxyl groups is 1. The molecule has 0 spiro atoms. The van der Waals surface area contributed by atoms with Crippen LogP contribution >= 0.6 is 15.9 Å². The topological polar surface area (TPSA) is 65.0 Å². The lowest BCUT2D eigenvalue weighted by molar-refractivity contribution is -0.110. The van der Waals surface area contributed by atoms with Crippen LogP contribution in [0, 0.1) is 0 Å². The summed E-state index contributed by atoms with van der Waals surface area (Å²) in [5.41, 5.74) is 3.37. The van der Waals surface area contributed by atoms with Crippen LogP contribution in [0.5, 0.6) is 23.0 Å². The number of ether oxygens (including phenoxy) is 3. The summed E-state index contributed by atoms with van der Waals surface area (Å²) < 4.78 is 16.7. The van der Waals surface area contributed by atoms with Gasteiger partial charge in [0.15, 0.2) is 5.78 Å². The van der Waals surface area contributed by atoms with Gasteiger partial charge in [-0.25, -0.2) is 0 Å². The largest absolute Gasteiger partial charge is 0.507 e. The maximum absolute atomic E-state index is 12.5. The van der Waals surface area contributed by atoms with E-state index in [1.165, 1.54) is 12.2 Å². The molecule has 0 saturated carbocycles. The number of rotatable bonds is 9. The van der Waals surface area contributed by atoms with Crippen molar-refractivity contribution in [3.63, 3.8) is 0 Å². The molecule has 0 aliphatic carbocycles. The van der Waals surface area contributed by atoms with Crippen LogP contribution in [-0.4, -0.2) is 32.2 Å². The number of methoxy groups -OCH3 is 3. The third kappa shape index (κ3) is 6.62. The summed E-state index contributed by atoms with van der Waals surface area (Å²) in [6.07, 6.45) is 10.3. The van der Waals surface area contributed by atoms with Gasteiger partial charge in [-0.2, -0.15) is 0 Å². The van der Waals surface area contributed by atoms with Gasteiger partial charge in [-0.1, -0.05) is 36.4 Å². The predicted octanol–water partition coefficient (Wildman–Crippen LogP) is 6.65. The van der Waals surface area contributed by atoms with Crippen molar-refractivity contribution in [3.8, 4) is 23.0 Å². The lowest BCUT2D eigenvalue weighted by Gasteiger charge is -2.11. The average molecular weight is 521 g/mol. The van der Waals surface area contributed by atoms with E-state index in [-0.39, 0.29) is 11.5 Å². The van der Waals surface area contributed by atoms with E-state index in [0.717, 1.165) is 28.0 Å². The van der Waals surface area contributed by atoms with Crippen LogP contribution in [0.25, 0.3) is 24.3 Å². The molecular weight excluding hydrogens is 496 g/mol. The van der Waals surface area contributed by atoms with Crippen LogP contribution in [0.4, 0.5) is 0 Å². The Morgan fingerprint density at radius 3 is 2.09 bits per heavy atom. The molecule has 0 saturated heterocycles. The monoisotopic (exact) mass is 520 g/mol. The molecule has 5 nitrogen and oxygen atoms in total. The van der Waals surface area contributed by atoms with Gasteiger partial charge in [-0.15, -0.1) is 0 Å². The quantitative estimate of drug-likeness (QED) is 0.253. The number of ketones is 1. The number of halogens is 1. The molecule has 0 aliphatic heterocycles. The molecule has 6 heteroatoms. The third-order valence-corrected chi connectivity index (χ3v) is 5.64. The maximum atomic E-state index is 12.5. The van der Waals surface area contributed by atoms with Crippen molar-refractivity contribution in [1.82, 2.24) is 0 Å². The summed E-state index contributed by atoms with van der Waals surface area (Å²) in [6, 6.07) is 16.4. The van der Waals surface area contributed by atoms with E-state index in [2.05, 4.69) is 15.9 Å². The number of hydrogen-bond donors (Lipinski definition) is 1. The molecule has 0 aromatic heterocycles.